The number of carbonyl (C=O) groups is 1. The lowest BCUT2D eigenvalue weighted by Gasteiger charge is -2.35. The average molecular weight is 226 g/mol. The molecule has 1 aliphatic heterocycles. The first-order valence-corrected chi connectivity index (χ1v) is 7.98. The second kappa shape index (κ2) is 5.08. The summed E-state index contributed by atoms with van der Waals surface area (Å²) in [6.45, 7) is 9.69. The Bertz CT molecular complexity index is 248. The number of carbonyl (C=O) groups excluding carboxylic acids is 1. The third-order valence-electron chi connectivity index (χ3n) is 3.33. The van der Waals surface area contributed by atoms with Gasteiger partial charge in [-0.15, -0.1) is 0 Å². The number of hydrogen-bond donors (Lipinski definition) is 0. The van der Waals surface area contributed by atoms with Gasteiger partial charge in [-0.2, -0.15) is 0 Å². The van der Waals surface area contributed by atoms with E-state index in [9.17, 15) is 4.79 Å². The molecular weight excluding hydrogens is 204 g/mol. The molecule has 1 rings (SSSR count). The van der Waals surface area contributed by atoms with E-state index in [1.54, 1.807) is 0 Å². The highest BCUT2D eigenvalue weighted by atomic mass is 28.4. The van der Waals surface area contributed by atoms with Crippen LogP contribution in [0.15, 0.2) is 11.3 Å². The monoisotopic (exact) mass is 226 g/mol. The Kier molecular flexibility index (Phi) is 4.29. The van der Waals surface area contributed by atoms with Gasteiger partial charge in [-0.25, -0.2) is 0 Å². The molecule has 0 radical (unpaired) electrons. The van der Waals surface area contributed by atoms with Crippen molar-refractivity contribution >= 4 is 14.6 Å². The van der Waals surface area contributed by atoms with Crippen molar-refractivity contribution in [1.82, 2.24) is 0 Å². The maximum atomic E-state index is 10.9. The van der Waals surface area contributed by atoms with Crippen molar-refractivity contribution < 1.29 is 9.22 Å². The van der Waals surface area contributed by atoms with Crippen LogP contribution in [-0.4, -0.2) is 21.2 Å². The molecule has 0 spiro atoms. The molecule has 2 nitrogen and oxygen atoms in total. The molecule has 0 N–H and O–H groups in total. The predicted octanol–water partition coefficient (Wildman–Crippen LogP) is 3.23. The van der Waals surface area contributed by atoms with E-state index in [1.165, 1.54) is 0 Å². The van der Waals surface area contributed by atoms with E-state index in [0.717, 1.165) is 31.3 Å². The van der Waals surface area contributed by atoms with Gasteiger partial charge in [0, 0.05) is 6.61 Å². The first kappa shape index (κ1) is 12.7. The molecule has 0 fully saturated rings. The molecule has 0 aromatic rings. The fraction of sp³-hybridized carbons (Fsp3) is 0.750. The first-order valence-electron chi connectivity index (χ1n) is 5.83. The van der Waals surface area contributed by atoms with Crippen molar-refractivity contribution in [1.29, 1.82) is 0 Å². The van der Waals surface area contributed by atoms with Crippen LogP contribution in [0.4, 0.5) is 0 Å². The standard InChI is InChI=1S/C12H22O2Si/c1-10(2)15(11(3)4)9-12(8-13)6-5-7-14-15/h8-11H,5-7H2,1-4H3. The van der Waals surface area contributed by atoms with Crippen LogP contribution >= 0.6 is 0 Å². The highest BCUT2D eigenvalue weighted by Crippen LogP contribution is 2.37. The molecule has 0 bridgehead atoms. The molecule has 1 aliphatic rings. The Balaban J connectivity index is 3.08. The van der Waals surface area contributed by atoms with Gasteiger partial charge in [0.25, 0.3) is 0 Å². The van der Waals surface area contributed by atoms with Crippen molar-refractivity contribution in [2.75, 3.05) is 6.61 Å². The molecule has 0 atom stereocenters. The molecule has 1 heterocycles. The van der Waals surface area contributed by atoms with Crippen LogP contribution < -0.4 is 0 Å². The predicted molar refractivity (Wildman–Crippen MR) is 65.3 cm³/mol. The maximum absolute atomic E-state index is 10.9. The third-order valence-corrected chi connectivity index (χ3v) is 8.46. The summed E-state index contributed by atoms with van der Waals surface area (Å²) >= 11 is 0. The number of rotatable bonds is 3. The smallest absolute Gasteiger partial charge is 0.222 e. The van der Waals surface area contributed by atoms with Crippen LogP contribution in [0.3, 0.4) is 0 Å². The van der Waals surface area contributed by atoms with Gasteiger partial charge in [0.2, 0.25) is 8.32 Å². The number of allylic oxidation sites excluding steroid dienone is 1. The normalized spacial score (nSPS) is 21.3. The summed E-state index contributed by atoms with van der Waals surface area (Å²) in [5.41, 5.74) is 4.22. The van der Waals surface area contributed by atoms with Crippen molar-refractivity contribution in [2.45, 2.75) is 51.6 Å². The molecule has 0 unspecified atom stereocenters. The van der Waals surface area contributed by atoms with Gasteiger partial charge in [-0.05, 0) is 29.5 Å². The van der Waals surface area contributed by atoms with E-state index in [0.29, 0.717) is 11.1 Å². The minimum Gasteiger partial charge on any atom is -0.412 e. The molecule has 86 valence electrons. The second-order valence-corrected chi connectivity index (χ2v) is 9.55. The quantitative estimate of drug-likeness (QED) is 0.545. The zero-order valence-electron chi connectivity index (χ0n) is 10.2. The topological polar surface area (TPSA) is 26.3 Å². The van der Waals surface area contributed by atoms with Gasteiger partial charge in [0.1, 0.15) is 6.29 Å². The fourth-order valence-corrected chi connectivity index (χ4v) is 6.39. The van der Waals surface area contributed by atoms with Gasteiger partial charge in [0.05, 0.1) is 0 Å². The minimum absolute atomic E-state index is 0.533. The van der Waals surface area contributed by atoms with E-state index < -0.39 is 8.32 Å². The van der Waals surface area contributed by atoms with Gasteiger partial charge in [-0.1, -0.05) is 33.4 Å². The summed E-state index contributed by atoms with van der Waals surface area (Å²) in [5, 5.41) is 0. The van der Waals surface area contributed by atoms with Gasteiger partial charge >= 0.3 is 0 Å². The summed E-state index contributed by atoms with van der Waals surface area (Å²) in [4.78, 5) is 10.9. The van der Waals surface area contributed by atoms with Crippen LogP contribution in [0.2, 0.25) is 11.1 Å². The van der Waals surface area contributed by atoms with E-state index in [-0.39, 0.29) is 0 Å². The zero-order valence-corrected chi connectivity index (χ0v) is 11.2. The van der Waals surface area contributed by atoms with Gasteiger partial charge in [0.15, 0.2) is 0 Å². The van der Waals surface area contributed by atoms with Crippen LogP contribution in [0.5, 0.6) is 0 Å². The van der Waals surface area contributed by atoms with E-state index in [2.05, 4.69) is 33.4 Å². The Morgan fingerprint density at radius 1 is 1.33 bits per heavy atom. The van der Waals surface area contributed by atoms with Crippen molar-refractivity contribution in [3.05, 3.63) is 11.3 Å². The van der Waals surface area contributed by atoms with Crippen LogP contribution in [0.1, 0.15) is 40.5 Å². The zero-order chi connectivity index (χ0) is 11.5. The molecule has 0 amide bonds. The van der Waals surface area contributed by atoms with E-state index in [4.69, 9.17) is 4.43 Å². The van der Waals surface area contributed by atoms with Crippen molar-refractivity contribution in [3.63, 3.8) is 0 Å². The number of aldehydes is 1. The lowest BCUT2D eigenvalue weighted by atomic mass is 10.2. The Hall–Kier alpha value is -0.413. The van der Waals surface area contributed by atoms with E-state index in [1.807, 2.05) is 0 Å². The molecule has 0 aliphatic carbocycles. The first-order chi connectivity index (χ1) is 7.03. The van der Waals surface area contributed by atoms with Crippen molar-refractivity contribution in [3.8, 4) is 0 Å². The largest absolute Gasteiger partial charge is 0.412 e. The third kappa shape index (κ3) is 2.58. The molecule has 0 aromatic heterocycles. The fourth-order valence-electron chi connectivity index (χ4n) is 2.36. The summed E-state index contributed by atoms with van der Waals surface area (Å²) in [5.74, 6) is 0. The lowest BCUT2D eigenvalue weighted by molar-refractivity contribution is -0.105. The van der Waals surface area contributed by atoms with Gasteiger partial charge < -0.3 is 4.43 Å². The summed E-state index contributed by atoms with van der Waals surface area (Å²) in [6.07, 6.45) is 2.89. The SMILES string of the molecule is CC(C)[Si]1(C(C)C)C=C(C=O)CCCO1. The summed E-state index contributed by atoms with van der Waals surface area (Å²) < 4.78 is 6.15. The highest BCUT2D eigenvalue weighted by Gasteiger charge is 2.41. The molecular formula is C12H22O2Si. The van der Waals surface area contributed by atoms with Crippen molar-refractivity contribution in [2.24, 2.45) is 0 Å². The molecule has 3 heteroatoms. The van der Waals surface area contributed by atoms with E-state index >= 15 is 0 Å². The number of hydrogen-bond acceptors (Lipinski definition) is 2. The minimum atomic E-state index is -1.87. The summed E-state index contributed by atoms with van der Waals surface area (Å²) in [6, 6.07) is 0. The molecule has 0 saturated heterocycles. The Morgan fingerprint density at radius 2 is 1.93 bits per heavy atom. The summed E-state index contributed by atoms with van der Waals surface area (Å²) in [7, 11) is -1.87. The Morgan fingerprint density at radius 3 is 2.40 bits per heavy atom. The second-order valence-electron chi connectivity index (χ2n) is 4.95. The Labute approximate surface area is 93.8 Å². The molecule has 0 saturated carbocycles. The average Bonchev–Trinajstić information content (AvgIpc) is 2.40. The van der Waals surface area contributed by atoms with Crippen LogP contribution in [-0.2, 0) is 9.22 Å². The van der Waals surface area contributed by atoms with Crippen LogP contribution in [0.25, 0.3) is 0 Å². The lowest BCUT2D eigenvalue weighted by Crippen LogP contribution is -2.43. The maximum Gasteiger partial charge on any atom is 0.222 e. The van der Waals surface area contributed by atoms with Crippen LogP contribution in [0, 0.1) is 0 Å². The molecule has 15 heavy (non-hydrogen) atoms. The molecule has 0 aromatic carbocycles. The van der Waals surface area contributed by atoms with Gasteiger partial charge in [-0.3, -0.25) is 4.79 Å². The highest BCUT2D eigenvalue weighted by molar-refractivity contribution is 6.81.